The molecule has 4 N–H and O–H groups in total. The van der Waals surface area contributed by atoms with Gasteiger partial charge < -0.3 is 20.1 Å². The molecule has 3 unspecified atom stereocenters. The van der Waals surface area contributed by atoms with E-state index < -0.39 is 29.7 Å². The first-order chi connectivity index (χ1) is 14.0. The van der Waals surface area contributed by atoms with E-state index in [1.165, 1.54) is 23.2 Å². The number of H-pyrrole nitrogens is 2. The molecule has 11 nitrogen and oxygen atoms in total. The van der Waals surface area contributed by atoms with Gasteiger partial charge in [0.05, 0.1) is 36.7 Å². The largest absolute Gasteiger partial charge is 0.390 e. The molecule has 1 aliphatic rings. The summed E-state index contributed by atoms with van der Waals surface area (Å²) in [5.41, 5.74) is -0.378. The van der Waals surface area contributed by atoms with E-state index in [1.54, 1.807) is 12.3 Å². The van der Waals surface area contributed by atoms with E-state index in [2.05, 4.69) is 20.3 Å². The van der Waals surface area contributed by atoms with Gasteiger partial charge in [-0.2, -0.15) is 0 Å². The van der Waals surface area contributed by atoms with E-state index >= 15 is 0 Å². The van der Waals surface area contributed by atoms with Gasteiger partial charge in [-0.15, -0.1) is 0 Å². The van der Waals surface area contributed by atoms with Crippen molar-refractivity contribution in [1.29, 1.82) is 0 Å². The SMILES string of the molecule is O=PCC1OC(n2cc(C=CCNC(=O)Cc3cnc[nH]3)c(=O)[nH]c2=O)CC1O. The van der Waals surface area contributed by atoms with Crippen LogP contribution >= 0.6 is 8.46 Å². The molecule has 0 radical (unpaired) electrons. The number of hydrogen-bond donors (Lipinski definition) is 4. The molecular weight excluding hydrogens is 401 g/mol. The summed E-state index contributed by atoms with van der Waals surface area (Å²) in [6.07, 6.45) is 5.55. The Hall–Kier alpha value is -2.88. The van der Waals surface area contributed by atoms with E-state index in [0.717, 1.165) is 0 Å². The van der Waals surface area contributed by atoms with Crippen molar-refractivity contribution < 1.29 is 19.2 Å². The van der Waals surface area contributed by atoms with Crippen molar-refractivity contribution in [2.75, 3.05) is 12.7 Å². The van der Waals surface area contributed by atoms with E-state index in [0.29, 0.717) is 5.69 Å². The molecule has 1 saturated heterocycles. The lowest BCUT2D eigenvalue weighted by Crippen LogP contribution is -2.33. The quantitative estimate of drug-likeness (QED) is 0.421. The summed E-state index contributed by atoms with van der Waals surface area (Å²) in [6.45, 7) is 0.189. The average molecular weight is 421 g/mol. The van der Waals surface area contributed by atoms with Crippen molar-refractivity contribution in [2.24, 2.45) is 0 Å². The summed E-state index contributed by atoms with van der Waals surface area (Å²) >= 11 is 0. The van der Waals surface area contributed by atoms with Crippen LogP contribution in [0.4, 0.5) is 0 Å². The third-order valence-electron chi connectivity index (χ3n) is 4.38. The number of aliphatic hydroxyl groups excluding tert-OH is 1. The summed E-state index contributed by atoms with van der Waals surface area (Å²) < 4.78 is 17.5. The minimum Gasteiger partial charge on any atom is -0.390 e. The minimum atomic E-state index is -0.857. The van der Waals surface area contributed by atoms with E-state index in [9.17, 15) is 24.1 Å². The first kappa shape index (κ1) is 20.8. The summed E-state index contributed by atoms with van der Waals surface area (Å²) in [4.78, 5) is 44.8. The Kier molecular flexibility index (Phi) is 6.86. The third-order valence-corrected chi connectivity index (χ3v) is 4.89. The van der Waals surface area contributed by atoms with Crippen molar-refractivity contribution in [3.8, 4) is 0 Å². The summed E-state index contributed by atoms with van der Waals surface area (Å²) in [5, 5.41) is 12.6. The van der Waals surface area contributed by atoms with E-state index in [4.69, 9.17) is 4.74 Å². The van der Waals surface area contributed by atoms with E-state index in [-0.39, 0.29) is 45.5 Å². The van der Waals surface area contributed by atoms with Gasteiger partial charge in [-0.1, -0.05) is 12.2 Å². The van der Waals surface area contributed by atoms with Gasteiger partial charge in [0, 0.05) is 31.1 Å². The fourth-order valence-corrected chi connectivity index (χ4v) is 3.41. The first-order valence-electron chi connectivity index (χ1n) is 8.86. The zero-order valence-corrected chi connectivity index (χ0v) is 16.2. The number of carbonyl (C=O) groups excluding carboxylic acids is 1. The first-order valence-corrected chi connectivity index (χ1v) is 9.86. The molecule has 3 atom stereocenters. The van der Waals surface area contributed by atoms with Crippen LogP contribution in [0, 0.1) is 0 Å². The molecule has 154 valence electrons. The van der Waals surface area contributed by atoms with Crippen LogP contribution in [0.15, 0.2) is 34.4 Å². The van der Waals surface area contributed by atoms with Crippen LogP contribution in [0.1, 0.15) is 23.9 Å². The third kappa shape index (κ3) is 5.35. The summed E-state index contributed by atoms with van der Waals surface area (Å²) in [5.74, 6) is -0.213. The number of aromatic amines is 2. The van der Waals surface area contributed by atoms with Gasteiger partial charge in [0.2, 0.25) is 5.91 Å². The smallest absolute Gasteiger partial charge is 0.330 e. The lowest BCUT2D eigenvalue weighted by atomic mass is 10.2. The highest BCUT2D eigenvalue weighted by Gasteiger charge is 2.35. The Balaban J connectivity index is 1.64. The van der Waals surface area contributed by atoms with Crippen LogP contribution in [-0.2, 0) is 20.5 Å². The molecule has 2 aromatic rings. The maximum Gasteiger partial charge on any atom is 0.330 e. The van der Waals surface area contributed by atoms with Crippen LogP contribution < -0.4 is 16.6 Å². The molecule has 1 aliphatic heterocycles. The van der Waals surface area contributed by atoms with Gasteiger partial charge in [-0.25, -0.2) is 9.78 Å². The predicted octanol–water partition coefficient (Wildman–Crippen LogP) is -0.428. The van der Waals surface area contributed by atoms with E-state index in [1.807, 2.05) is 0 Å². The Morgan fingerprint density at radius 1 is 1.48 bits per heavy atom. The van der Waals surface area contributed by atoms with Crippen LogP contribution in [0.5, 0.6) is 0 Å². The zero-order chi connectivity index (χ0) is 20.8. The molecule has 0 spiro atoms. The van der Waals surface area contributed by atoms with Crippen LogP contribution in [-0.4, -0.2) is 55.4 Å². The Morgan fingerprint density at radius 3 is 3.03 bits per heavy atom. The molecule has 29 heavy (non-hydrogen) atoms. The van der Waals surface area contributed by atoms with Gasteiger partial charge in [0.1, 0.15) is 6.23 Å². The van der Waals surface area contributed by atoms with Crippen molar-refractivity contribution in [3.63, 3.8) is 0 Å². The highest BCUT2D eigenvalue weighted by Crippen LogP contribution is 2.29. The van der Waals surface area contributed by atoms with Crippen molar-refractivity contribution in [3.05, 3.63) is 56.9 Å². The molecular formula is C17H20N5O6P. The van der Waals surface area contributed by atoms with Gasteiger partial charge in [-0.05, 0) is 0 Å². The number of imidazole rings is 1. The number of amides is 1. The minimum absolute atomic E-state index is 0.112. The second kappa shape index (κ2) is 9.55. The molecule has 2 aromatic heterocycles. The molecule has 0 aromatic carbocycles. The zero-order valence-electron chi connectivity index (χ0n) is 15.3. The van der Waals surface area contributed by atoms with Gasteiger partial charge >= 0.3 is 5.69 Å². The lowest BCUT2D eigenvalue weighted by molar-refractivity contribution is -0.120. The number of aromatic nitrogens is 4. The van der Waals surface area contributed by atoms with Crippen LogP contribution in [0.2, 0.25) is 0 Å². The van der Waals surface area contributed by atoms with Gasteiger partial charge in [-0.3, -0.25) is 23.7 Å². The highest BCUT2D eigenvalue weighted by molar-refractivity contribution is 7.23. The molecule has 3 heterocycles. The molecule has 12 heteroatoms. The number of rotatable bonds is 8. The standard InChI is InChI=1S/C17H20N5O6P/c23-12-5-15(28-13(12)8-29-27)22-7-10(16(25)21-17(22)26)2-1-3-19-14(24)4-11-6-18-9-20-11/h1-2,6-7,9,12-13,15,23H,3-5,8H2,(H,18,20)(H,19,24)(H,21,25,26). The van der Waals surface area contributed by atoms with Crippen molar-refractivity contribution in [2.45, 2.75) is 31.3 Å². The summed E-state index contributed by atoms with van der Waals surface area (Å²) in [7, 11) is -0.164. The highest BCUT2D eigenvalue weighted by atomic mass is 31.1. The number of hydrogen-bond acceptors (Lipinski definition) is 7. The maximum absolute atomic E-state index is 12.1. The predicted molar refractivity (Wildman–Crippen MR) is 103 cm³/mol. The Bertz CT molecular complexity index is 998. The fraction of sp³-hybridized carbons (Fsp3) is 0.412. The summed E-state index contributed by atoms with van der Waals surface area (Å²) in [6, 6.07) is 0. The molecule has 0 saturated carbocycles. The van der Waals surface area contributed by atoms with Crippen molar-refractivity contribution in [1.82, 2.24) is 24.8 Å². The average Bonchev–Trinajstić information content (AvgIpc) is 3.30. The fourth-order valence-electron chi connectivity index (χ4n) is 2.93. The molecule has 1 fully saturated rings. The molecule has 0 aliphatic carbocycles. The molecule has 0 bridgehead atoms. The van der Waals surface area contributed by atoms with Gasteiger partial charge in [0.25, 0.3) is 5.56 Å². The second-order valence-corrected chi connectivity index (χ2v) is 7.08. The van der Waals surface area contributed by atoms with Crippen molar-refractivity contribution >= 4 is 20.4 Å². The molecule has 1 amide bonds. The monoisotopic (exact) mass is 421 g/mol. The second-order valence-electron chi connectivity index (χ2n) is 6.45. The normalized spacial score (nSPS) is 21.8. The molecule has 3 rings (SSSR count). The number of nitrogens with zero attached hydrogens (tertiary/aromatic N) is 2. The number of ether oxygens (including phenoxy) is 1. The van der Waals surface area contributed by atoms with Gasteiger partial charge in [0.15, 0.2) is 8.46 Å². The number of carbonyl (C=O) groups is 1. The number of aliphatic hydroxyl groups is 1. The maximum atomic E-state index is 12.1. The van der Waals surface area contributed by atoms with Crippen LogP contribution in [0.25, 0.3) is 6.08 Å². The Labute approximate surface area is 166 Å². The lowest BCUT2D eigenvalue weighted by Gasteiger charge is -2.14. The van der Waals surface area contributed by atoms with Crippen LogP contribution in [0.3, 0.4) is 0 Å². The number of nitrogens with one attached hydrogen (secondary N) is 3. The Morgan fingerprint density at radius 2 is 2.31 bits per heavy atom. The topological polar surface area (TPSA) is 159 Å².